The summed E-state index contributed by atoms with van der Waals surface area (Å²) in [6.45, 7) is 0.930. The van der Waals surface area contributed by atoms with E-state index in [1.165, 1.54) is 38.5 Å². The first-order chi connectivity index (χ1) is 8.81. The normalized spacial score (nSPS) is 16.2. The van der Waals surface area contributed by atoms with Crippen LogP contribution in [0, 0.1) is 17.2 Å². The third-order valence-electron chi connectivity index (χ3n) is 3.72. The molecule has 0 unspecified atom stereocenters. The summed E-state index contributed by atoms with van der Waals surface area (Å²) in [5, 5.41) is 12.9. The minimum atomic E-state index is 0.528. The van der Waals surface area contributed by atoms with E-state index in [2.05, 4.69) is 11.4 Å². The molecule has 3 heteroatoms. The van der Waals surface area contributed by atoms with Crippen molar-refractivity contribution in [1.29, 1.82) is 5.26 Å². The van der Waals surface area contributed by atoms with Gasteiger partial charge in [-0.1, -0.05) is 49.8 Å². The van der Waals surface area contributed by atoms with Gasteiger partial charge in [-0.3, -0.25) is 0 Å². The molecule has 0 bridgehead atoms. The molecule has 0 radical (unpaired) electrons. The summed E-state index contributed by atoms with van der Waals surface area (Å²) < 4.78 is 0. The van der Waals surface area contributed by atoms with E-state index in [4.69, 9.17) is 16.9 Å². The van der Waals surface area contributed by atoms with Crippen molar-refractivity contribution in [2.75, 3.05) is 11.9 Å². The van der Waals surface area contributed by atoms with Crippen LogP contribution in [0.5, 0.6) is 0 Å². The third kappa shape index (κ3) is 3.40. The van der Waals surface area contributed by atoms with Crippen molar-refractivity contribution in [2.45, 2.75) is 38.5 Å². The van der Waals surface area contributed by atoms with Crippen LogP contribution in [0.25, 0.3) is 0 Å². The van der Waals surface area contributed by atoms with E-state index in [9.17, 15) is 0 Å². The van der Waals surface area contributed by atoms with Gasteiger partial charge in [-0.15, -0.1) is 0 Å². The predicted molar refractivity (Wildman–Crippen MR) is 75.8 cm³/mol. The van der Waals surface area contributed by atoms with Crippen LogP contribution < -0.4 is 5.32 Å². The minimum absolute atomic E-state index is 0.528. The Bertz CT molecular complexity index is 431. The average Bonchev–Trinajstić information content (AvgIpc) is 2.40. The highest BCUT2D eigenvalue weighted by atomic mass is 35.5. The maximum Gasteiger partial charge on any atom is 0.103 e. The summed E-state index contributed by atoms with van der Waals surface area (Å²) in [5.41, 5.74) is 1.42. The van der Waals surface area contributed by atoms with E-state index in [1.54, 1.807) is 6.07 Å². The molecule has 1 aliphatic carbocycles. The Balaban J connectivity index is 1.86. The number of hydrogen-bond acceptors (Lipinski definition) is 2. The maximum atomic E-state index is 9.07. The molecule has 0 spiro atoms. The van der Waals surface area contributed by atoms with E-state index >= 15 is 0 Å². The number of rotatable bonds is 4. The van der Waals surface area contributed by atoms with E-state index in [-0.39, 0.29) is 0 Å². The lowest BCUT2D eigenvalue weighted by atomic mass is 9.87. The average molecular weight is 263 g/mol. The Hall–Kier alpha value is -1.20. The monoisotopic (exact) mass is 262 g/mol. The summed E-state index contributed by atoms with van der Waals surface area (Å²) in [4.78, 5) is 0. The van der Waals surface area contributed by atoms with Crippen molar-refractivity contribution in [2.24, 2.45) is 5.92 Å². The number of nitrogens with one attached hydrogen (secondary N) is 1. The highest BCUT2D eigenvalue weighted by Crippen LogP contribution is 2.27. The molecule has 1 saturated carbocycles. The van der Waals surface area contributed by atoms with Gasteiger partial charge < -0.3 is 5.32 Å². The van der Waals surface area contributed by atoms with Crippen LogP contribution in [0.2, 0.25) is 5.02 Å². The van der Waals surface area contributed by atoms with Gasteiger partial charge in [0.2, 0.25) is 0 Å². The standard InChI is InChI=1S/C15H19ClN2/c16-14-7-4-8-15(13(14)11-17)18-10-9-12-5-2-1-3-6-12/h4,7-8,12,18H,1-3,5-6,9-10H2. The fourth-order valence-corrected chi connectivity index (χ4v) is 2.89. The number of nitrogens with zero attached hydrogens (tertiary/aromatic N) is 1. The highest BCUT2D eigenvalue weighted by molar-refractivity contribution is 6.32. The molecule has 1 fully saturated rings. The molecule has 0 saturated heterocycles. The smallest absolute Gasteiger partial charge is 0.103 e. The van der Waals surface area contributed by atoms with E-state index in [0.29, 0.717) is 10.6 Å². The Morgan fingerprint density at radius 2 is 2.06 bits per heavy atom. The lowest BCUT2D eigenvalue weighted by molar-refractivity contribution is 0.345. The van der Waals surface area contributed by atoms with Crippen LogP contribution in [0.3, 0.4) is 0 Å². The zero-order valence-corrected chi connectivity index (χ0v) is 11.3. The van der Waals surface area contributed by atoms with Gasteiger partial charge in [0.1, 0.15) is 6.07 Å². The van der Waals surface area contributed by atoms with Gasteiger partial charge >= 0.3 is 0 Å². The molecular weight excluding hydrogens is 244 g/mol. The number of hydrogen-bond donors (Lipinski definition) is 1. The van der Waals surface area contributed by atoms with Crippen LogP contribution in [0.4, 0.5) is 5.69 Å². The Morgan fingerprint density at radius 1 is 1.28 bits per heavy atom. The van der Waals surface area contributed by atoms with Crippen LogP contribution in [0.15, 0.2) is 18.2 Å². The summed E-state index contributed by atoms with van der Waals surface area (Å²) in [5.74, 6) is 0.857. The van der Waals surface area contributed by atoms with Crippen LogP contribution in [-0.2, 0) is 0 Å². The van der Waals surface area contributed by atoms with Gasteiger partial charge in [0.05, 0.1) is 16.3 Å². The predicted octanol–water partition coefficient (Wildman–Crippen LogP) is 4.59. The summed E-state index contributed by atoms with van der Waals surface area (Å²) in [6.07, 6.45) is 8.08. The molecule has 0 aliphatic heterocycles. The Kier molecular flexibility index (Phi) is 4.90. The second kappa shape index (κ2) is 6.66. The highest BCUT2D eigenvalue weighted by Gasteiger charge is 2.13. The zero-order chi connectivity index (χ0) is 12.8. The molecule has 1 N–H and O–H groups in total. The fourth-order valence-electron chi connectivity index (χ4n) is 2.67. The van der Waals surface area contributed by atoms with Crippen molar-refractivity contribution in [3.05, 3.63) is 28.8 Å². The van der Waals surface area contributed by atoms with Gasteiger partial charge in [-0.2, -0.15) is 5.26 Å². The van der Waals surface area contributed by atoms with Crippen LogP contribution >= 0.6 is 11.6 Å². The van der Waals surface area contributed by atoms with Crippen molar-refractivity contribution < 1.29 is 0 Å². The molecule has 0 atom stereocenters. The number of anilines is 1. The molecule has 1 aromatic carbocycles. The summed E-state index contributed by atoms with van der Waals surface area (Å²) >= 11 is 5.99. The molecule has 0 aromatic heterocycles. The van der Waals surface area contributed by atoms with Gasteiger partial charge in [-0.05, 0) is 24.5 Å². The molecule has 1 aromatic rings. The third-order valence-corrected chi connectivity index (χ3v) is 4.03. The summed E-state index contributed by atoms with van der Waals surface area (Å²) in [7, 11) is 0. The first-order valence-corrected chi connectivity index (χ1v) is 7.11. The summed E-state index contributed by atoms with van der Waals surface area (Å²) in [6, 6.07) is 7.72. The molecule has 0 heterocycles. The van der Waals surface area contributed by atoms with Gasteiger partial charge in [0.25, 0.3) is 0 Å². The van der Waals surface area contributed by atoms with Gasteiger partial charge in [-0.25, -0.2) is 0 Å². The second-order valence-electron chi connectivity index (χ2n) is 4.99. The fraction of sp³-hybridized carbons (Fsp3) is 0.533. The molecule has 18 heavy (non-hydrogen) atoms. The Labute approximate surface area is 114 Å². The SMILES string of the molecule is N#Cc1c(Cl)cccc1NCCC1CCCCC1. The molecular formula is C15H19ClN2. The van der Waals surface area contributed by atoms with Crippen molar-refractivity contribution in [3.8, 4) is 6.07 Å². The molecule has 2 rings (SSSR count). The van der Waals surface area contributed by atoms with E-state index in [1.807, 2.05) is 12.1 Å². The first kappa shape index (κ1) is 13.2. The van der Waals surface area contributed by atoms with Crippen LogP contribution in [-0.4, -0.2) is 6.54 Å². The lowest BCUT2D eigenvalue weighted by Gasteiger charge is -2.21. The van der Waals surface area contributed by atoms with Gasteiger partial charge in [0, 0.05) is 6.54 Å². The van der Waals surface area contributed by atoms with Gasteiger partial charge in [0.15, 0.2) is 0 Å². The molecule has 0 amide bonds. The van der Waals surface area contributed by atoms with Crippen LogP contribution in [0.1, 0.15) is 44.1 Å². The molecule has 1 aliphatic rings. The van der Waals surface area contributed by atoms with E-state index in [0.717, 1.165) is 18.2 Å². The quantitative estimate of drug-likeness (QED) is 0.861. The number of benzene rings is 1. The van der Waals surface area contributed by atoms with Crippen molar-refractivity contribution in [1.82, 2.24) is 0 Å². The Morgan fingerprint density at radius 3 is 2.78 bits per heavy atom. The first-order valence-electron chi connectivity index (χ1n) is 6.73. The van der Waals surface area contributed by atoms with Crippen molar-refractivity contribution >= 4 is 17.3 Å². The minimum Gasteiger partial charge on any atom is -0.384 e. The lowest BCUT2D eigenvalue weighted by Crippen LogP contribution is -2.12. The second-order valence-corrected chi connectivity index (χ2v) is 5.40. The number of halogens is 1. The molecule has 96 valence electrons. The zero-order valence-electron chi connectivity index (χ0n) is 10.6. The topological polar surface area (TPSA) is 35.8 Å². The van der Waals surface area contributed by atoms with Crippen molar-refractivity contribution in [3.63, 3.8) is 0 Å². The maximum absolute atomic E-state index is 9.07. The molecule has 2 nitrogen and oxygen atoms in total. The number of nitriles is 1. The van der Waals surface area contributed by atoms with E-state index < -0.39 is 0 Å². The largest absolute Gasteiger partial charge is 0.384 e.